The van der Waals surface area contributed by atoms with E-state index in [1.807, 2.05) is 41.8 Å². The second-order valence-corrected chi connectivity index (χ2v) is 7.54. The van der Waals surface area contributed by atoms with Crippen molar-refractivity contribution in [1.29, 1.82) is 0 Å². The van der Waals surface area contributed by atoms with Crippen LogP contribution in [0.4, 0.5) is 5.69 Å². The Balaban J connectivity index is 1.43. The van der Waals surface area contributed by atoms with Crippen molar-refractivity contribution in [2.45, 2.75) is 32.2 Å². The van der Waals surface area contributed by atoms with Gasteiger partial charge in [0, 0.05) is 43.0 Å². The van der Waals surface area contributed by atoms with Crippen LogP contribution in [0.2, 0.25) is 0 Å². The van der Waals surface area contributed by atoms with Gasteiger partial charge in [0.2, 0.25) is 11.8 Å². The van der Waals surface area contributed by atoms with E-state index in [4.69, 9.17) is 0 Å². The van der Waals surface area contributed by atoms with Crippen LogP contribution in [-0.2, 0) is 16.1 Å². The zero-order valence-electron chi connectivity index (χ0n) is 15.4. The molecule has 1 N–H and O–H groups in total. The highest BCUT2D eigenvalue weighted by Crippen LogP contribution is 2.35. The van der Waals surface area contributed by atoms with Crippen molar-refractivity contribution >= 4 is 17.5 Å². The van der Waals surface area contributed by atoms with E-state index in [9.17, 15) is 14.4 Å². The molecule has 2 amide bonds. The van der Waals surface area contributed by atoms with Crippen molar-refractivity contribution in [3.8, 4) is 0 Å². The molecule has 2 aliphatic rings. The highest BCUT2D eigenvalue weighted by Gasteiger charge is 2.36. The Kier molecular flexibility index (Phi) is 4.56. The van der Waals surface area contributed by atoms with Gasteiger partial charge in [-0.2, -0.15) is 0 Å². The summed E-state index contributed by atoms with van der Waals surface area (Å²) in [6, 6.07) is 12.9. The summed E-state index contributed by atoms with van der Waals surface area (Å²) < 4.78 is 1.84. The van der Waals surface area contributed by atoms with Crippen molar-refractivity contribution in [3.63, 3.8) is 0 Å². The molecular formula is C21H23N3O3. The molecule has 0 unspecified atom stereocenters. The highest BCUT2D eigenvalue weighted by atomic mass is 16.2. The second kappa shape index (κ2) is 7.02. The Bertz CT molecular complexity index is 950. The van der Waals surface area contributed by atoms with Crippen LogP contribution in [0.1, 0.15) is 30.0 Å². The van der Waals surface area contributed by atoms with E-state index >= 15 is 0 Å². The normalized spacial score (nSPS) is 20.7. The predicted molar refractivity (Wildman–Crippen MR) is 103 cm³/mol. The molecule has 4 rings (SSSR count). The first kappa shape index (κ1) is 17.5. The molecule has 27 heavy (non-hydrogen) atoms. The Hall–Kier alpha value is -2.89. The molecule has 1 aromatic carbocycles. The Morgan fingerprint density at radius 1 is 1.07 bits per heavy atom. The molecule has 2 aromatic rings. The van der Waals surface area contributed by atoms with Crippen LogP contribution in [0.25, 0.3) is 0 Å². The topological polar surface area (TPSA) is 71.4 Å². The molecular weight excluding hydrogens is 342 g/mol. The number of benzene rings is 1. The van der Waals surface area contributed by atoms with Gasteiger partial charge in [-0.1, -0.05) is 24.3 Å². The monoisotopic (exact) mass is 365 g/mol. The third kappa shape index (κ3) is 3.52. The molecule has 2 bridgehead atoms. The van der Waals surface area contributed by atoms with Gasteiger partial charge >= 0.3 is 0 Å². The molecule has 6 nitrogen and oxygen atoms in total. The van der Waals surface area contributed by atoms with Crippen LogP contribution in [-0.4, -0.2) is 34.4 Å². The van der Waals surface area contributed by atoms with Crippen LogP contribution >= 0.6 is 0 Å². The third-order valence-corrected chi connectivity index (χ3v) is 5.56. The molecule has 0 saturated carbocycles. The van der Waals surface area contributed by atoms with Crippen LogP contribution in [0.3, 0.4) is 0 Å². The molecule has 0 spiro atoms. The Labute approximate surface area is 157 Å². The lowest BCUT2D eigenvalue weighted by molar-refractivity contribution is -0.136. The minimum absolute atomic E-state index is 0.0274. The van der Waals surface area contributed by atoms with Crippen LogP contribution in [0, 0.1) is 12.8 Å². The fraction of sp³-hybridized carbons (Fsp3) is 0.381. The van der Waals surface area contributed by atoms with Gasteiger partial charge in [0.25, 0.3) is 5.56 Å². The summed E-state index contributed by atoms with van der Waals surface area (Å²) in [4.78, 5) is 38.9. The number of para-hydroxylation sites is 1. The zero-order chi connectivity index (χ0) is 19.0. The van der Waals surface area contributed by atoms with Gasteiger partial charge in [-0.3, -0.25) is 14.4 Å². The lowest BCUT2D eigenvalue weighted by Gasteiger charge is -2.42. The first-order chi connectivity index (χ1) is 13.0. The number of likely N-dealkylation sites (tertiary alicyclic amines) is 1. The third-order valence-electron chi connectivity index (χ3n) is 5.56. The summed E-state index contributed by atoms with van der Waals surface area (Å²) in [5.41, 5.74) is 2.73. The van der Waals surface area contributed by atoms with E-state index in [2.05, 4.69) is 5.32 Å². The summed E-state index contributed by atoms with van der Waals surface area (Å²) in [5.74, 6) is -0.0151. The average Bonchev–Trinajstić information content (AvgIpc) is 2.64. The quantitative estimate of drug-likeness (QED) is 0.847. The number of rotatable bonds is 3. The van der Waals surface area contributed by atoms with Crippen molar-refractivity contribution in [1.82, 2.24) is 9.47 Å². The maximum absolute atomic E-state index is 12.7. The molecule has 140 valence electrons. The SMILES string of the molecule is Cc1ccccc1NC(=O)CC(=O)N1C[C@H]2C[C@@H](C1)c1cccc(=O)n1C2. The maximum Gasteiger partial charge on any atom is 0.250 e. The van der Waals surface area contributed by atoms with E-state index in [0.717, 1.165) is 23.4 Å². The van der Waals surface area contributed by atoms with Crippen LogP contribution in [0.5, 0.6) is 0 Å². The van der Waals surface area contributed by atoms with E-state index in [0.29, 0.717) is 19.6 Å². The molecule has 3 heterocycles. The van der Waals surface area contributed by atoms with Gasteiger partial charge < -0.3 is 14.8 Å². The Morgan fingerprint density at radius 3 is 2.70 bits per heavy atom. The molecule has 1 saturated heterocycles. The number of amides is 2. The number of carbonyl (C=O) groups is 2. The predicted octanol–water partition coefficient (Wildman–Crippen LogP) is 2.13. The number of carbonyl (C=O) groups excluding carboxylic acids is 2. The van der Waals surface area contributed by atoms with Crippen molar-refractivity contribution in [3.05, 3.63) is 64.1 Å². The van der Waals surface area contributed by atoms with Crippen molar-refractivity contribution in [2.24, 2.45) is 5.92 Å². The summed E-state index contributed by atoms with van der Waals surface area (Å²) >= 11 is 0. The number of fused-ring (bicyclic) bond motifs is 4. The Morgan fingerprint density at radius 2 is 1.89 bits per heavy atom. The number of hydrogen-bond acceptors (Lipinski definition) is 3. The number of hydrogen-bond donors (Lipinski definition) is 1. The van der Waals surface area contributed by atoms with Gasteiger partial charge in [-0.15, -0.1) is 0 Å². The van der Waals surface area contributed by atoms with Crippen LogP contribution < -0.4 is 10.9 Å². The molecule has 0 radical (unpaired) electrons. The number of piperidine rings is 1. The minimum atomic E-state index is -0.290. The zero-order valence-corrected chi connectivity index (χ0v) is 15.4. The number of nitrogens with one attached hydrogen (secondary N) is 1. The standard InChI is InChI=1S/C21H23N3O3/c1-14-5-2-3-6-17(14)22-19(25)10-21(27)23-11-15-9-16(13-23)18-7-4-8-20(26)24(18)12-15/h2-8,15-16H,9-13H2,1H3,(H,22,25)/t15-,16+/m1/s1. The second-order valence-electron chi connectivity index (χ2n) is 7.54. The fourth-order valence-electron chi connectivity index (χ4n) is 4.26. The smallest absolute Gasteiger partial charge is 0.250 e. The summed E-state index contributed by atoms with van der Waals surface area (Å²) in [6.07, 6.45) is 0.831. The van der Waals surface area contributed by atoms with E-state index < -0.39 is 0 Å². The lowest BCUT2D eigenvalue weighted by Crippen LogP contribution is -2.49. The molecule has 1 aromatic heterocycles. The number of anilines is 1. The van der Waals surface area contributed by atoms with Gasteiger partial charge in [0.1, 0.15) is 6.42 Å². The van der Waals surface area contributed by atoms with E-state index in [1.54, 1.807) is 17.0 Å². The van der Waals surface area contributed by atoms with E-state index in [-0.39, 0.29) is 35.6 Å². The van der Waals surface area contributed by atoms with Crippen molar-refractivity contribution < 1.29 is 9.59 Å². The molecule has 2 aliphatic heterocycles. The first-order valence-corrected chi connectivity index (χ1v) is 9.34. The number of pyridine rings is 1. The van der Waals surface area contributed by atoms with Crippen molar-refractivity contribution in [2.75, 3.05) is 18.4 Å². The average molecular weight is 365 g/mol. The van der Waals surface area contributed by atoms with Crippen LogP contribution in [0.15, 0.2) is 47.3 Å². The fourth-order valence-corrected chi connectivity index (χ4v) is 4.26. The van der Waals surface area contributed by atoms with Gasteiger partial charge in [0.15, 0.2) is 0 Å². The van der Waals surface area contributed by atoms with Gasteiger partial charge in [-0.25, -0.2) is 0 Å². The molecule has 2 atom stereocenters. The first-order valence-electron chi connectivity index (χ1n) is 9.34. The number of aryl methyl sites for hydroxylation is 1. The van der Waals surface area contributed by atoms with E-state index in [1.165, 1.54) is 0 Å². The van der Waals surface area contributed by atoms with Gasteiger partial charge in [-0.05, 0) is 37.0 Å². The summed E-state index contributed by atoms with van der Waals surface area (Å²) in [6.45, 7) is 3.73. The maximum atomic E-state index is 12.7. The number of aromatic nitrogens is 1. The summed E-state index contributed by atoms with van der Waals surface area (Å²) in [7, 11) is 0. The lowest BCUT2D eigenvalue weighted by atomic mass is 9.83. The number of nitrogens with zero attached hydrogens (tertiary/aromatic N) is 2. The molecule has 6 heteroatoms. The van der Waals surface area contributed by atoms with Gasteiger partial charge in [0.05, 0.1) is 0 Å². The largest absolute Gasteiger partial charge is 0.341 e. The molecule has 1 fully saturated rings. The summed E-state index contributed by atoms with van der Waals surface area (Å²) in [5, 5.41) is 2.82. The molecule has 0 aliphatic carbocycles. The minimum Gasteiger partial charge on any atom is -0.341 e. The highest BCUT2D eigenvalue weighted by molar-refractivity contribution is 6.03.